The van der Waals surface area contributed by atoms with Gasteiger partial charge in [0.2, 0.25) is 0 Å². The Bertz CT molecular complexity index is 1170. The molecule has 9 nitrogen and oxygen atoms in total. The van der Waals surface area contributed by atoms with E-state index in [1.54, 1.807) is 6.07 Å². The van der Waals surface area contributed by atoms with Crippen LogP contribution in [0.4, 0.5) is 5.00 Å². The summed E-state index contributed by atoms with van der Waals surface area (Å²) in [7, 11) is -3.88. The van der Waals surface area contributed by atoms with Gasteiger partial charge in [0.25, 0.3) is 21.8 Å². The van der Waals surface area contributed by atoms with Crippen molar-refractivity contribution in [2.75, 3.05) is 31.6 Å². The van der Waals surface area contributed by atoms with Crippen molar-refractivity contribution in [3.8, 4) is 5.75 Å². The molecule has 2 heterocycles. The van der Waals surface area contributed by atoms with Crippen LogP contribution in [0.2, 0.25) is 0 Å². The molecule has 1 aliphatic heterocycles. The number of anilines is 1. The van der Waals surface area contributed by atoms with E-state index in [0.29, 0.717) is 5.56 Å². The summed E-state index contributed by atoms with van der Waals surface area (Å²) in [4.78, 5) is 25.1. The average molecular weight is 496 g/mol. The summed E-state index contributed by atoms with van der Waals surface area (Å²) in [5.74, 6) is -1.58. The number of aromatic hydroxyl groups is 1. The second kappa shape index (κ2) is 9.80. The lowest BCUT2D eigenvalue weighted by atomic mass is 9.91. The van der Waals surface area contributed by atoms with Crippen LogP contribution in [-0.2, 0) is 14.8 Å². The maximum Gasteiger partial charge on any atom is 0.260 e. The van der Waals surface area contributed by atoms with E-state index >= 15 is 0 Å². The van der Waals surface area contributed by atoms with E-state index in [0.717, 1.165) is 16.9 Å². The number of carbonyl (C=O) groups excluding carboxylic acids is 2. The van der Waals surface area contributed by atoms with Crippen molar-refractivity contribution in [2.24, 2.45) is 5.73 Å². The van der Waals surface area contributed by atoms with E-state index in [9.17, 15) is 23.1 Å². The Morgan fingerprint density at radius 1 is 1.09 bits per heavy atom. The molecule has 0 radical (unpaired) electrons. The Morgan fingerprint density at radius 2 is 1.73 bits per heavy atom. The molecule has 1 aromatic carbocycles. The highest BCUT2D eigenvalue weighted by Gasteiger charge is 2.31. The number of nitrogens with one attached hydrogen (secondary N) is 1. The number of nitrogens with zero attached hydrogens (tertiary/aromatic N) is 1. The van der Waals surface area contributed by atoms with Gasteiger partial charge in [0.1, 0.15) is 15.0 Å². The van der Waals surface area contributed by atoms with Crippen LogP contribution < -0.4 is 11.1 Å². The van der Waals surface area contributed by atoms with Crippen LogP contribution in [0, 0.1) is 0 Å². The molecule has 0 unspecified atom stereocenters. The second-order valence-electron chi connectivity index (χ2n) is 8.46. The molecule has 33 heavy (non-hydrogen) atoms. The Kier molecular flexibility index (Phi) is 7.47. The van der Waals surface area contributed by atoms with Gasteiger partial charge in [-0.05, 0) is 35.1 Å². The van der Waals surface area contributed by atoms with E-state index in [1.165, 1.54) is 10.4 Å². The van der Waals surface area contributed by atoms with Crippen LogP contribution >= 0.6 is 11.3 Å². The summed E-state index contributed by atoms with van der Waals surface area (Å²) in [5.41, 5.74) is 6.90. The van der Waals surface area contributed by atoms with Crippen LogP contribution in [0.1, 0.15) is 71.4 Å². The molecule has 0 spiro atoms. The number of amides is 2. The first kappa shape index (κ1) is 25.2. The molecule has 0 bridgehead atoms. The number of hydrogen-bond donors (Lipinski definition) is 3. The van der Waals surface area contributed by atoms with E-state index in [2.05, 4.69) is 5.32 Å². The number of carbonyl (C=O) groups is 2. The first-order chi connectivity index (χ1) is 15.4. The van der Waals surface area contributed by atoms with E-state index < -0.39 is 21.8 Å². The number of thiophene rings is 1. The molecule has 4 N–H and O–H groups in total. The van der Waals surface area contributed by atoms with Crippen LogP contribution in [0.5, 0.6) is 5.75 Å². The lowest BCUT2D eigenvalue weighted by Gasteiger charge is -2.25. The predicted molar refractivity (Wildman–Crippen MR) is 127 cm³/mol. The smallest absolute Gasteiger partial charge is 0.260 e. The zero-order valence-electron chi connectivity index (χ0n) is 19.0. The van der Waals surface area contributed by atoms with Gasteiger partial charge in [0.05, 0.1) is 24.3 Å². The first-order valence-corrected chi connectivity index (χ1v) is 12.9. The highest BCUT2D eigenvalue weighted by Crippen LogP contribution is 2.36. The average Bonchev–Trinajstić information content (AvgIpc) is 3.19. The standard InChI is InChI=1S/C22H29N3O6S2/c1-12(2)14-9-15(13(3)4)19(26)16(10-14)21(28)24-22-17(20(23)27)11-18(32-22)33(29,30)25-5-7-31-8-6-25/h9-13,26H,5-8H2,1-4H3,(H2,23,27)(H,24,28). The maximum atomic E-state index is 13.1. The quantitative estimate of drug-likeness (QED) is 0.539. The Morgan fingerprint density at radius 3 is 2.27 bits per heavy atom. The van der Waals surface area contributed by atoms with Crippen molar-refractivity contribution >= 4 is 38.2 Å². The van der Waals surface area contributed by atoms with E-state index in [1.807, 2.05) is 33.8 Å². The fraction of sp³-hybridized carbons (Fsp3) is 0.455. The number of morpholine rings is 1. The molecule has 11 heteroatoms. The minimum Gasteiger partial charge on any atom is -0.507 e. The summed E-state index contributed by atoms with van der Waals surface area (Å²) >= 11 is 0.753. The molecule has 0 aliphatic carbocycles. The van der Waals surface area contributed by atoms with Crippen LogP contribution in [0.15, 0.2) is 22.4 Å². The van der Waals surface area contributed by atoms with Gasteiger partial charge < -0.3 is 20.9 Å². The predicted octanol–water partition coefficient (Wildman–Crippen LogP) is 3.07. The van der Waals surface area contributed by atoms with Gasteiger partial charge in [-0.25, -0.2) is 8.42 Å². The summed E-state index contributed by atoms with van der Waals surface area (Å²) in [6.45, 7) is 8.73. The molecule has 1 aromatic heterocycles. The lowest BCUT2D eigenvalue weighted by Crippen LogP contribution is -2.40. The Labute approximate surface area is 197 Å². The highest BCUT2D eigenvalue weighted by molar-refractivity contribution is 7.91. The van der Waals surface area contributed by atoms with Gasteiger partial charge in [-0.1, -0.05) is 33.8 Å². The summed E-state index contributed by atoms with van der Waals surface area (Å²) in [6.07, 6.45) is 0. The molecule has 2 aromatic rings. The normalized spacial score (nSPS) is 15.2. The molecule has 1 fully saturated rings. The number of primary amides is 1. The van der Waals surface area contributed by atoms with Gasteiger partial charge in [0.15, 0.2) is 0 Å². The molecule has 1 aliphatic rings. The Hall–Kier alpha value is -2.47. The van der Waals surface area contributed by atoms with Crippen LogP contribution in [0.3, 0.4) is 0 Å². The third kappa shape index (κ3) is 5.21. The molecule has 0 saturated carbocycles. The number of rotatable bonds is 7. The molecular formula is C22H29N3O6S2. The monoisotopic (exact) mass is 495 g/mol. The first-order valence-electron chi connectivity index (χ1n) is 10.6. The number of hydrogen-bond acceptors (Lipinski definition) is 7. The number of benzene rings is 1. The highest BCUT2D eigenvalue weighted by atomic mass is 32.2. The maximum absolute atomic E-state index is 13.1. The molecular weight excluding hydrogens is 466 g/mol. The van der Waals surface area contributed by atoms with Crippen molar-refractivity contribution in [3.63, 3.8) is 0 Å². The van der Waals surface area contributed by atoms with Gasteiger partial charge in [-0.2, -0.15) is 4.31 Å². The zero-order chi connectivity index (χ0) is 24.5. The summed E-state index contributed by atoms with van der Waals surface area (Å²) in [6, 6.07) is 4.65. The molecule has 3 rings (SSSR count). The lowest BCUT2D eigenvalue weighted by molar-refractivity contribution is 0.0731. The van der Waals surface area contributed by atoms with Crippen LogP contribution in [-0.4, -0.2) is 55.9 Å². The van der Waals surface area contributed by atoms with Crippen molar-refractivity contribution in [1.82, 2.24) is 4.31 Å². The zero-order valence-corrected chi connectivity index (χ0v) is 20.7. The van der Waals surface area contributed by atoms with E-state index in [-0.39, 0.29) is 64.2 Å². The molecule has 2 amide bonds. The van der Waals surface area contributed by atoms with Crippen molar-refractivity contribution in [1.29, 1.82) is 0 Å². The Balaban J connectivity index is 2.00. The van der Waals surface area contributed by atoms with Gasteiger partial charge in [-0.15, -0.1) is 11.3 Å². The fourth-order valence-electron chi connectivity index (χ4n) is 3.48. The van der Waals surface area contributed by atoms with Crippen molar-refractivity contribution in [2.45, 2.75) is 43.7 Å². The number of phenols is 1. The minimum absolute atomic E-state index is 0.0137. The van der Waals surface area contributed by atoms with E-state index in [4.69, 9.17) is 10.5 Å². The number of ether oxygens (including phenoxy) is 1. The summed E-state index contributed by atoms with van der Waals surface area (Å²) in [5, 5.41) is 13.3. The largest absolute Gasteiger partial charge is 0.507 e. The molecule has 1 saturated heterocycles. The molecule has 0 atom stereocenters. The molecule has 180 valence electrons. The van der Waals surface area contributed by atoms with Gasteiger partial charge in [-0.3, -0.25) is 9.59 Å². The third-order valence-corrected chi connectivity index (χ3v) is 8.86. The summed E-state index contributed by atoms with van der Waals surface area (Å²) < 4.78 is 32.4. The number of sulfonamides is 1. The topological polar surface area (TPSA) is 139 Å². The SMILES string of the molecule is CC(C)c1cc(C(=O)Nc2sc(S(=O)(=O)N3CCOCC3)cc2C(N)=O)c(O)c(C(C)C)c1. The fourth-order valence-corrected chi connectivity index (χ4v) is 6.41. The minimum atomic E-state index is -3.88. The van der Waals surface area contributed by atoms with Crippen molar-refractivity contribution in [3.05, 3.63) is 40.5 Å². The van der Waals surface area contributed by atoms with Gasteiger partial charge >= 0.3 is 0 Å². The second-order valence-corrected chi connectivity index (χ2v) is 11.7. The third-order valence-electron chi connectivity index (χ3n) is 5.46. The van der Waals surface area contributed by atoms with Crippen molar-refractivity contribution < 1.29 is 27.9 Å². The van der Waals surface area contributed by atoms with Gasteiger partial charge in [0, 0.05) is 13.1 Å². The van der Waals surface area contributed by atoms with Crippen LogP contribution in [0.25, 0.3) is 0 Å². The number of nitrogens with two attached hydrogens (primary N) is 1. The number of phenolic OH excluding ortho intramolecular Hbond substituents is 1.